The molecule has 1 aliphatic carbocycles. The molecule has 2 aromatic heterocycles. The summed E-state index contributed by atoms with van der Waals surface area (Å²) in [6.45, 7) is 2.54. The third kappa shape index (κ3) is 4.10. The van der Waals surface area contributed by atoms with Crippen LogP contribution in [0.3, 0.4) is 0 Å². The maximum absolute atomic E-state index is 13.8. The van der Waals surface area contributed by atoms with Crippen LogP contribution in [0.4, 0.5) is 10.2 Å². The molecule has 196 valence electrons. The van der Waals surface area contributed by atoms with Gasteiger partial charge in [-0.2, -0.15) is 5.26 Å². The predicted octanol–water partition coefficient (Wildman–Crippen LogP) is 3.65. The minimum atomic E-state index is -0.606. The molecule has 1 amide bonds. The van der Waals surface area contributed by atoms with Gasteiger partial charge in [0.15, 0.2) is 17.3 Å². The number of nitrogens with zero attached hydrogens (tertiary/aromatic N) is 8. The first-order chi connectivity index (χ1) is 18.3. The zero-order valence-electron chi connectivity index (χ0n) is 21.4. The van der Waals surface area contributed by atoms with Crippen LogP contribution in [0.15, 0.2) is 30.3 Å². The number of halogens is 2. The van der Waals surface area contributed by atoms with E-state index in [0.717, 1.165) is 48.6 Å². The molecule has 9 nitrogen and oxygen atoms in total. The Morgan fingerprint density at radius 1 is 1.16 bits per heavy atom. The highest BCUT2D eigenvalue weighted by Crippen LogP contribution is 2.46. The average Bonchev–Trinajstić information content (AvgIpc) is 3.65. The number of pyridine rings is 1. The molecule has 1 saturated heterocycles. The second kappa shape index (κ2) is 9.33. The molecular formula is C27H28ClFN8O. The minimum absolute atomic E-state index is 0.121. The molecule has 0 spiro atoms. The first-order valence-electron chi connectivity index (χ1n) is 12.8. The van der Waals surface area contributed by atoms with E-state index >= 15 is 0 Å². The molecule has 0 radical (unpaired) electrons. The van der Waals surface area contributed by atoms with Crippen LogP contribution in [0.1, 0.15) is 54.5 Å². The second-order valence-corrected chi connectivity index (χ2v) is 11.0. The van der Waals surface area contributed by atoms with E-state index in [2.05, 4.69) is 29.5 Å². The van der Waals surface area contributed by atoms with Gasteiger partial charge in [-0.25, -0.2) is 9.37 Å². The van der Waals surface area contributed by atoms with Crippen molar-refractivity contribution >= 4 is 23.3 Å². The summed E-state index contributed by atoms with van der Waals surface area (Å²) in [5, 5.41) is 19.1. The Labute approximate surface area is 225 Å². The third-order valence-electron chi connectivity index (χ3n) is 7.99. The first kappa shape index (κ1) is 24.8. The zero-order valence-corrected chi connectivity index (χ0v) is 22.1. The quantitative estimate of drug-likeness (QED) is 0.504. The molecule has 0 bridgehead atoms. The number of amides is 1. The molecule has 1 saturated carbocycles. The van der Waals surface area contributed by atoms with Gasteiger partial charge in [0.05, 0.1) is 12.2 Å². The van der Waals surface area contributed by atoms with Crippen molar-refractivity contribution in [2.45, 2.75) is 50.2 Å². The molecule has 2 fully saturated rings. The van der Waals surface area contributed by atoms with Gasteiger partial charge < -0.3 is 9.80 Å². The summed E-state index contributed by atoms with van der Waals surface area (Å²) in [6, 6.07) is 10.6. The van der Waals surface area contributed by atoms with Gasteiger partial charge in [0.25, 0.3) is 0 Å². The van der Waals surface area contributed by atoms with Crippen LogP contribution in [0.25, 0.3) is 5.69 Å². The molecule has 2 aliphatic heterocycles. The Kier molecular flexibility index (Phi) is 6.08. The fourth-order valence-corrected chi connectivity index (χ4v) is 6.04. The molecule has 6 rings (SSSR count). The lowest BCUT2D eigenvalue weighted by atomic mass is 9.95. The number of aromatic nitrogens is 4. The summed E-state index contributed by atoms with van der Waals surface area (Å²) >= 11 is 6.43. The summed E-state index contributed by atoms with van der Waals surface area (Å²) in [6.07, 6.45) is 3.28. The van der Waals surface area contributed by atoms with Gasteiger partial charge in [0.2, 0.25) is 5.91 Å². The van der Waals surface area contributed by atoms with Gasteiger partial charge in [0.1, 0.15) is 23.3 Å². The molecule has 3 aliphatic rings. The van der Waals surface area contributed by atoms with Crippen LogP contribution >= 0.6 is 11.6 Å². The van der Waals surface area contributed by atoms with Crippen LogP contribution in [0, 0.1) is 17.1 Å². The normalized spacial score (nSPS) is 18.8. The molecule has 4 heterocycles. The Hall–Kier alpha value is -3.55. The molecule has 0 atom stereocenters. The number of carbonyl (C=O) groups is 1. The smallest absolute Gasteiger partial charge is 0.242 e. The maximum Gasteiger partial charge on any atom is 0.242 e. The standard InChI is InChI=1S/C27H28ClFN8O/c1-34(2)26(38)27(9-10-27)36-15-18-13-19(28)3-5-22(18)37-24(16-36)32-33-25(37)17-7-11-35(12-8-17)23-6-4-20(29)21(14-30)31-23/h3-6,13,17H,7-12,15-16H2,1-2H3. The maximum atomic E-state index is 13.8. The van der Waals surface area contributed by atoms with Gasteiger partial charge >= 0.3 is 0 Å². The second-order valence-electron chi connectivity index (χ2n) is 10.5. The lowest BCUT2D eigenvalue weighted by molar-refractivity contribution is -0.136. The lowest BCUT2D eigenvalue weighted by Crippen LogP contribution is -2.48. The van der Waals surface area contributed by atoms with Gasteiger partial charge in [-0.05, 0) is 61.6 Å². The molecule has 0 unspecified atom stereocenters. The summed E-state index contributed by atoms with van der Waals surface area (Å²) in [5.74, 6) is 2.01. The number of benzene rings is 1. The van der Waals surface area contributed by atoms with Crippen LogP contribution in [-0.4, -0.2) is 68.2 Å². The van der Waals surface area contributed by atoms with Crippen molar-refractivity contribution in [2.24, 2.45) is 0 Å². The van der Waals surface area contributed by atoms with E-state index < -0.39 is 11.4 Å². The number of anilines is 1. The van der Waals surface area contributed by atoms with Gasteiger partial charge in [-0.15, -0.1) is 10.2 Å². The SMILES string of the molecule is CN(C)C(=O)C1(N2Cc3cc(Cl)ccc3-n3c(nnc3C3CCN(c4ccc(F)c(C#N)n4)CC3)C2)CC1. The van der Waals surface area contributed by atoms with Crippen molar-refractivity contribution in [3.05, 3.63) is 64.1 Å². The number of hydrogen-bond donors (Lipinski definition) is 0. The fourth-order valence-electron chi connectivity index (χ4n) is 5.85. The molecular weight excluding hydrogens is 507 g/mol. The Bertz CT molecular complexity index is 1450. The van der Waals surface area contributed by atoms with Crippen LogP contribution in [0.2, 0.25) is 5.02 Å². The molecule has 3 aromatic rings. The monoisotopic (exact) mass is 534 g/mol. The Morgan fingerprint density at radius 3 is 2.61 bits per heavy atom. The Morgan fingerprint density at radius 2 is 1.92 bits per heavy atom. The Balaban J connectivity index is 1.30. The average molecular weight is 535 g/mol. The van der Waals surface area contributed by atoms with E-state index in [-0.39, 0.29) is 17.5 Å². The highest BCUT2D eigenvalue weighted by atomic mass is 35.5. The third-order valence-corrected chi connectivity index (χ3v) is 8.22. The number of fused-ring (bicyclic) bond motifs is 3. The zero-order chi connectivity index (χ0) is 26.6. The number of nitriles is 1. The summed E-state index contributed by atoms with van der Waals surface area (Å²) in [7, 11) is 3.61. The highest BCUT2D eigenvalue weighted by molar-refractivity contribution is 6.30. The van der Waals surface area contributed by atoms with Crippen molar-refractivity contribution in [2.75, 3.05) is 32.1 Å². The van der Waals surface area contributed by atoms with Crippen molar-refractivity contribution < 1.29 is 9.18 Å². The molecule has 0 N–H and O–H groups in total. The van der Waals surface area contributed by atoms with Crippen molar-refractivity contribution in [1.29, 1.82) is 5.26 Å². The van der Waals surface area contributed by atoms with E-state index in [4.69, 9.17) is 16.9 Å². The van der Waals surface area contributed by atoms with Gasteiger partial charge in [0, 0.05) is 44.7 Å². The topological polar surface area (TPSA) is 94.2 Å². The van der Waals surface area contributed by atoms with E-state index in [0.29, 0.717) is 37.0 Å². The minimum Gasteiger partial charge on any atom is -0.357 e. The van der Waals surface area contributed by atoms with E-state index in [1.807, 2.05) is 24.3 Å². The number of likely N-dealkylation sites (N-methyl/N-ethyl adjacent to an activating group) is 1. The number of carbonyl (C=O) groups excluding carboxylic acids is 1. The summed E-state index contributed by atoms with van der Waals surface area (Å²) in [4.78, 5) is 23.3. The van der Waals surface area contributed by atoms with E-state index in [1.54, 1.807) is 25.1 Å². The molecule has 11 heteroatoms. The molecule has 1 aromatic carbocycles. The van der Waals surface area contributed by atoms with E-state index in [1.165, 1.54) is 6.07 Å². The van der Waals surface area contributed by atoms with Gasteiger partial charge in [-0.3, -0.25) is 14.3 Å². The molecule has 38 heavy (non-hydrogen) atoms. The largest absolute Gasteiger partial charge is 0.357 e. The highest BCUT2D eigenvalue weighted by Gasteiger charge is 2.56. The van der Waals surface area contributed by atoms with Crippen molar-refractivity contribution in [1.82, 2.24) is 29.5 Å². The number of piperidine rings is 1. The number of rotatable bonds is 4. The summed E-state index contributed by atoms with van der Waals surface area (Å²) < 4.78 is 15.9. The summed E-state index contributed by atoms with van der Waals surface area (Å²) in [5.41, 5.74) is 1.35. The van der Waals surface area contributed by atoms with E-state index in [9.17, 15) is 9.18 Å². The van der Waals surface area contributed by atoms with Gasteiger partial charge in [-0.1, -0.05) is 11.6 Å². The van der Waals surface area contributed by atoms with Crippen molar-refractivity contribution in [3.8, 4) is 11.8 Å². The van der Waals surface area contributed by atoms with Crippen molar-refractivity contribution in [3.63, 3.8) is 0 Å². The number of hydrogen-bond acceptors (Lipinski definition) is 7. The fraction of sp³-hybridized carbons (Fsp3) is 0.444. The first-order valence-corrected chi connectivity index (χ1v) is 13.2. The van der Waals surface area contributed by atoms with Crippen LogP contribution in [-0.2, 0) is 17.9 Å². The lowest BCUT2D eigenvalue weighted by Gasteiger charge is -2.32. The predicted molar refractivity (Wildman–Crippen MR) is 139 cm³/mol. The van der Waals surface area contributed by atoms with Crippen LogP contribution in [0.5, 0.6) is 0 Å². The van der Waals surface area contributed by atoms with Crippen LogP contribution < -0.4 is 4.90 Å².